The lowest BCUT2D eigenvalue weighted by atomic mass is 9.92. The first-order valence-electron chi connectivity index (χ1n) is 9.15. The Morgan fingerprint density at radius 3 is 2.45 bits per heavy atom. The first kappa shape index (κ1) is 20.2. The van der Waals surface area contributed by atoms with Crippen LogP contribution < -0.4 is 5.32 Å². The number of hydrogen-bond donors (Lipinski definition) is 1. The summed E-state index contributed by atoms with van der Waals surface area (Å²) < 4.78 is 6.70. The van der Waals surface area contributed by atoms with Crippen LogP contribution in [-0.4, -0.2) is 38.2 Å². The second kappa shape index (κ2) is 8.22. The van der Waals surface area contributed by atoms with E-state index in [0.717, 1.165) is 11.4 Å². The van der Waals surface area contributed by atoms with Crippen molar-refractivity contribution in [3.05, 3.63) is 65.9 Å². The third kappa shape index (κ3) is 5.04. The van der Waals surface area contributed by atoms with Crippen LogP contribution in [0.15, 0.2) is 48.8 Å². The van der Waals surface area contributed by atoms with E-state index in [1.165, 1.54) is 12.4 Å². The number of esters is 1. The van der Waals surface area contributed by atoms with Crippen LogP contribution in [0.2, 0.25) is 0 Å². The minimum absolute atomic E-state index is 0.0488. The van der Waals surface area contributed by atoms with Gasteiger partial charge in [0.2, 0.25) is 0 Å². The van der Waals surface area contributed by atoms with Gasteiger partial charge in [0.25, 0.3) is 5.91 Å². The molecule has 2 heterocycles. The summed E-state index contributed by atoms with van der Waals surface area (Å²) in [6, 6.07) is 11.3. The monoisotopic (exact) mass is 393 g/mol. The summed E-state index contributed by atoms with van der Waals surface area (Å²) in [7, 11) is 0. The largest absolute Gasteiger partial charge is 0.451 e. The van der Waals surface area contributed by atoms with Crippen LogP contribution >= 0.6 is 0 Å². The molecule has 0 aliphatic heterocycles. The normalized spacial score (nSPS) is 11.2. The summed E-state index contributed by atoms with van der Waals surface area (Å²) in [5.74, 6) is -0.687. The maximum atomic E-state index is 12.4. The molecule has 0 unspecified atom stereocenters. The molecule has 0 bridgehead atoms. The average molecular weight is 393 g/mol. The first-order valence-corrected chi connectivity index (χ1v) is 9.15. The van der Waals surface area contributed by atoms with Gasteiger partial charge in [-0.2, -0.15) is 5.10 Å². The van der Waals surface area contributed by atoms with E-state index in [4.69, 9.17) is 4.74 Å². The molecule has 150 valence electrons. The first-order chi connectivity index (χ1) is 13.7. The fourth-order valence-electron chi connectivity index (χ4n) is 2.48. The molecule has 29 heavy (non-hydrogen) atoms. The second-order valence-corrected chi connectivity index (χ2v) is 7.58. The zero-order valence-electron chi connectivity index (χ0n) is 16.8. The lowest BCUT2D eigenvalue weighted by molar-refractivity contribution is -0.119. The highest BCUT2D eigenvalue weighted by molar-refractivity contribution is 5.94. The van der Waals surface area contributed by atoms with E-state index in [-0.39, 0.29) is 11.1 Å². The maximum Gasteiger partial charge on any atom is 0.359 e. The molecule has 0 aliphatic rings. The molecule has 8 heteroatoms. The smallest absolute Gasteiger partial charge is 0.359 e. The summed E-state index contributed by atoms with van der Waals surface area (Å²) in [5.41, 5.74) is 2.17. The van der Waals surface area contributed by atoms with Crippen molar-refractivity contribution in [1.82, 2.24) is 19.7 Å². The van der Waals surface area contributed by atoms with Crippen LogP contribution in [0.5, 0.6) is 0 Å². The number of aromatic nitrogens is 4. The lowest BCUT2D eigenvalue weighted by Crippen LogP contribution is -2.22. The van der Waals surface area contributed by atoms with Crippen molar-refractivity contribution in [3.8, 4) is 5.69 Å². The van der Waals surface area contributed by atoms with Gasteiger partial charge in [0, 0.05) is 17.7 Å². The molecule has 0 fully saturated rings. The predicted octanol–water partition coefficient (Wildman–Crippen LogP) is 3.06. The highest BCUT2D eigenvalue weighted by atomic mass is 16.5. The number of carbonyl (C=O) groups excluding carboxylic acids is 2. The van der Waals surface area contributed by atoms with Gasteiger partial charge in [0.15, 0.2) is 12.3 Å². The number of benzene rings is 1. The van der Waals surface area contributed by atoms with Crippen LogP contribution in [0.1, 0.15) is 42.6 Å². The number of aryl methyl sites for hydroxylation is 1. The molecule has 1 N–H and O–H groups in total. The average Bonchev–Trinajstić information content (AvgIpc) is 3.11. The number of carbonyl (C=O) groups is 2. The third-order valence-corrected chi connectivity index (χ3v) is 4.07. The van der Waals surface area contributed by atoms with Gasteiger partial charge in [-0.05, 0) is 19.1 Å². The van der Waals surface area contributed by atoms with Crippen LogP contribution in [0, 0.1) is 6.92 Å². The molecule has 0 radical (unpaired) electrons. The molecule has 1 aromatic carbocycles. The van der Waals surface area contributed by atoms with E-state index in [0.29, 0.717) is 11.5 Å². The zero-order valence-corrected chi connectivity index (χ0v) is 16.8. The Labute approximate surface area is 168 Å². The van der Waals surface area contributed by atoms with Gasteiger partial charge in [0.1, 0.15) is 5.82 Å². The van der Waals surface area contributed by atoms with Gasteiger partial charge >= 0.3 is 5.97 Å². The second-order valence-electron chi connectivity index (χ2n) is 7.58. The maximum absolute atomic E-state index is 12.4. The Morgan fingerprint density at radius 2 is 1.83 bits per heavy atom. The van der Waals surface area contributed by atoms with Crippen molar-refractivity contribution >= 4 is 17.7 Å². The van der Waals surface area contributed by atoms with Gasteiger partial charge in [-0.3, -0.25) is 9.78 Å². The molecular weight excluding hydrogens is 370 g/mol. The highest BCUT2D eigenvalue weighted by Crippen LogP contribution is 2.26. The topological polar surface area (TPSA) is 99.0 Å². The summed E-state index contributed by atoms with van der Waals surface area (Å²) >= 11 is 0. The van der Waals surface area contributed by atoms with E-state index < -0.39 is 18.5 Å². The molecule has 0 atom stereocenters. The summed E-state index contributed by atoms with van der Waals surface area (Å²) in [6.07, 6.45) is 2.78. The zero-order chi connectivity index (χ0) is 21.0. The van der Waals surface area contributed by atoms with Gasteiger partial charge in [-0.1, -0.05) is 39.0 Å². The van der Waals surface area contributed by atoms with Crippen molar-refractivity contribution in [2.24, 2.45) is 0 Å². The number of rotatable bonds is 5. The van der Waals surface area contributed by atoms with Crippen molar-refractivity contribution in [1.29, 1.82) is 0 Å². The number of para-hydroxylation sites is 1. The Morgan fingerprint density at radius 1 is 1.10 bits per heavy atom. The summed E-state index contributed by atoms with van der Waals surface area (Å²) in [4.78, 5) is 32.3. The predicted molar refractivity (Wildman–Crippen MR) is 108 cm³/mol. The van der Waals surface area contributed by atoms with Crippen molar-refractivity contribution in [2.45, 2.75) is 33.1 Å². The minimum Gasteiger partial charge on any atom is -0.451 e. The number of hydrogen-bond acceptors (Lipinski definition) is 6. The summed E-state index contributed by atoms with van der Waals surface area (Å²) in [5, 5.41) is 7.40. The molecular formula is C21H23N5O3. The molecule has 1 amide bonds. The Balaban J connectivity index is 1.73. The third-order valence-electron chi connectivity index (χ3n) is 4.07. The molecule has 3 rings (SSSR count). The van der Waals surface area contributed by atoms with E-state index in [9.17, 15) is 9.59 Å². The van der Waals surface area contributed by atoms with Crippen LogP contribution in [0.25, 0.3) is 5.69 Å². The fourth-order valence-corrected chi connectivity index (χ4v) is 2.48. The van der Waals surface area contributed by atoms with Gasteiger partial charge < -0.3 is 10.1 Å². The molecule has 2 aromatic heterocycles. The van der Waals surface area contributed by atoms with E-state index in [1.807, 2.05) is 57.2 Å². The highest BCUT2D eigenvalue weighted by Gasteiger charge is 2.22. The number of nitrogens with one attached hydrogen (secondary N) is 1. The minimum atomic E-state index is -0.709. The Hall–Kier alpha value is -3.55. The van der Waals surface area contributed by atoms with Crippen LogP contribution in [0.3, 0.4) is 0 Å². The molecule has 0 spiro atoms. The molecule has 0 saturated heterocycles. The van der Waals surface area contributed by atoms with Gasteiger partial charge in [-0.15, -0.1) is 0 Å². The summed E-state index contributed by atoms with van der Waals surface area (Å²) in [6.45, 7) is 7.44. The molecule has 3 aromatic rings. The van der Waals surface area contributed by atoms with Crippen molar-refractivity contribution < 1.29 is 14.3 Å². The number of amides is 1. The number of anilines is 1. The number of nitrogens with zero attached hydrogens (tertiary/aromatic N) is 4. The standard InChI is InChI=1S/C21H23N5O3/c1-14-11-23-16(12-22-14)20(28)29-13-19(27)24-18-10-17(21(2,3)4)25-26(18)15-8-6-5-7-9-15/h5-12H,13H2,1-4H3,(H,24,27). The van der Waals surface area contributed by atoms with Crippen molar-refractivity contribution in [2.75, 3.05) is 11.9 Å². The van der Waals surface area contributed by atoms with E-state index in [1.54, 1.807) is 11.6 Å². The molecule has 0 saturated carbocycles. The van der Waals surface area contributed by atoms with Crippen molar-refractivity contribution in [3.63, 3.8) is 0 Å². The molecule has 8 nitrogen and oxygen atoms in total. The number of ether oxygens (including phenoxy) is 1. The van der Waals surface area contributed by atoms with E-state index >= 15 is 0 Å². The Bertz CT molecular complexity index is 1010. The van der Waals surface area contributed by atoms with Gasteiger partial charge in [-0.25, -0.2) is 14.5 Å². The lowest BCUT2D eigenvalue weighted by Gasteiger charge is -2.14. The van der Waals surface area contributed by atoms with Gasteiger partial charge in [0.05, 0.1) is 23.3 Å². The quantitative estimate of drug-likeness (QED) is 0.669. The van der Waals surface area contributed by atoms with E-state index in [2.05, 4.69) is 20.4 Å². The molecule has 0 aliphatic carbocycles. The fraction of sp³-hybridized carbons (Fsp3) is 0.286. The SMILES string of the molecule is Cc1cnc(C(=O)OCC(=O)Nc2cc(C(C)(C)C)nn2-c2ccccc2)cn1. The van der Waals surface area contributed by atoms with Crippen LogP contribution in [0.4, 0.5) is 5.82 Å². The van der Waals surface area contributed by atoms with Crippen LogP contribution in [-0.2, 0) is 14.9 Å². The Kier molecular flexibility index (Phi) is 5.72.